The van der Waals surface area contributed by atoms with Crippen molar-refractivity contribution in [2.75, 3.05) is 13.1 Å². The van der Waals surface area contributed by atoms with Crippen LogP contribution in [-0.4, -0.2) is 36.0 Å². The summed E-state index contributed by atoms with van der Waals surface area (Å²) < 4.78 is 0. The lowest BCUT2D eigenvalue weighted by Crippen LogP contribution is -2.49. The van der Waals surface area contributed by atoms with E-state index in [9.17, 15) is 4.79 Å². The van der Waals surface area contributed by atoms with Crippen molar-refractivity contribution in [3.8, 4) is 0 Å². The highest BCUT2D eigenvalue weighted by Gasteiger charge is 2.23. The summed E-state index contributed by atoms with van der Waals surface area (Å²) >= 11 is 0. The molecule has 13 heavy (non-hydrogen) atoms. The van der Waals surface area contributed by atoms with E-state index in [1.165, 1.54) is 6.42 Å². The summed E-state index contributed by atoms with van der Waals surface area (Å²) in [6.45, 7) is 7.99. The first-order valence-electron chi connectivity index (χ1n) is 5.17. The Labute approximate surface area is 80.5 Å². The molecule has 1 aliphatic rings. The third-order valence-corrected chi connectivity index (χ3v) is 2.55. The van der Waals surface area contributed by atoms with Gasteiger partial charge in [0, 0.05) is 12.6 Å². The molecule has 0 aromatic heterocycles. The lowest BCUT2D eigenvalue weighted by atomic mass is 10.1. The number of amides is 1. The highest BCUT2D eigenvalue weighted by atomic mass is 16.2. The Kier molecular flexibility index (Phi) is 3.72. The number of carbonyl (C=O) groups excluding carboxylic acids is 1. The van der Waals surface area contributed by atoms with Gasteiger partial charge in [-0.05, 0) is 40.2 Å². The number of nitrogens with one attached hydrogen (secondary N) is 1. The van der Waals surface area contributed by atoms with Gasteiger partial charge in [-0.2, -0.15) is 0 Å². The molecular formula is C10H20N2O. The zero-order chi connectivity index (χ0) is 9.84. The van der Waals surface area contributed by atoms with Gasteiger partial charge >= 0.3 is 0 Å². The molecule has 3 nitrogen and oxygen atoms in total. The highest BCUT2D eigenvalue weighted by molar-refractivity contribution is 5.81. The largest absolute Gasteiger partial charge is 0.339 e. The smallest absolute Gasteiger partial charge is 0.239 e. The molecule has 0 aromatic rings. The third kappa shape index (κ3) is 2.69. The van der Waals surface area contributed by atoms with Crippen LogP contribution in [0.25, 0.3) is 0 Å². The van der Waals surface area contributed by atoms with E-state index < -0.39 is 0 Å². The van der Waals surface area contributed by atoms with Gasteiger partial charge in [0.2, 0.25) is 5.91 Å². The van der Waals surface area contributed by atoms with Crippen molar-refractivity contribution in [1.82, 2.24) is 10.2 Å². The second-order valence-corrected chi connectivity index (χ2v) is 4.01. The van der Waals surface area contributed by atoms with Crippen molar-refractivity contribution in [2.45, 2.75) is 45.7 Å². The Morgan fingerprint density at radius 1 is 1.46 bits per heavy atom. The molecule has 1 amide bonds. The van der Waals surface area contributed by atoms with Gasteiger partial charge in [-0.1, -0.05) is 0 Å². The molecule has 3 heteroatoms. The first kappa shape index (κ1) is 10.5. The molecule has 1 rings (SSSR count). The lowest BCUT2D eigenvalue weighted by Gasteiger charge is -2.31. The maximum absolute atomic E-state index is 11.8. The van der Waals surface area contributed by atoms with Gasteiger partial charge in [0.1, 0.15) is 0 Å². The molecule has 1 saturated heterocycles. The molecule has 1 unspecified atom stereocenters. The van der Waals surface area contributed by atoms with Crippen molar-refractivity contribution in [2.24, 2.45) is 0 Å². The van der Waals surface area contributed by atoms with Crippen LogP contribution in [-0.2, 0) is 4.79 Å². The summed E-state index contributed by atoms with van der Waals surface area (Å²) in [4.78, 5) is 13.8. The van der Waals surface area contributed by atoms with Crippen LogP contribution in [0, 0.1) is 0 Å². The van der Waals surface area contributed by atoms with Crippen molar-refractivity contribution in [1.29, 1.82) is 0 Å². The van der Waals surface area contributed by atoms with Gasteiger partial charge in [-0.15, -0.1) is 0 Å². The van der Waals surface area contributed by atoms with Crippen molar-refractivity contribution < 1.29 is 4.79 Å². The van der Waals surface area contributed by atoms with Crippen LogP contribution in [0.4, 0.5) is 0 Å². The molecule has 0 saturated carbocycles. The average Bonchev–Trinajstić information content (AvgIpc) is 2.06. The van der Waals surface area contributed by atoms with E-state index >= 15 is 0 Å². The Morgan fingerprint density at radius 2 is 2.15 bits per heavy atom. The number of hydrogen-bond donors (Lipinski definition) is 1. The van der Waals surface area contributed by atoms with Gasteiger partial charge in [0.05, 0.1) is 6.04 Å². The Balaban J connectivity index is 2.62. The van der Waals surface area contributed by atoms with E-state index in [0.717, 1.165) is 19.5 Å². The third-order valence-electron chi connectivity index (χ3n) is 2.55. The Morgan fingerprint density at radius 3 is 2.77 bits per heavy atom. The van der Waals surface area contributed by atoms with E-state index in [0.29, 0.717) is 6.04 Å². The first-order valence-corrected chi connectivity index (χ1v) is 5.17. The molecule has 1 aliphatic heterocycles. The van der Waals surface area contributed by atoms with Gasteiger partial charge in [0.25, 0.3) is 0 Å². The number of carbonyl (C=O) groups is 1. The molecule has 0 spiro atoms. The summed E-state index contributed by atoms with van der Waals surface area (Å²) in [7, 11) is 0. The van der Waals surface area contributed by atoms with E-state index in [1.807, 2.05) is 11.8 Å². The van der Waals surface area contributed by atoms with E-state index in [2.05, 4.69) is 19.2 Å². The topological polar surface area (TPSA) is 32.3 Å². The minimum Gasteiger partial charge on any atom is -0.339 e. The molecule has 1 heterocycles. The Bertz CT molecular complexity index is 180. The minimum atomic E-state index is -0.0114. The highest BCUT2D eigenvalue weighted by Crippen LogP contribution is 2.07. The van der Waals surface area contributed by atoms with Gasteiger partial charge in [-0.25, -0.2) is 0 Å². The second kappa shape index (κ2) is 4.61. The first-order chi connectivity index (χ1) is 6.13. The zero-order valence-corrected chi connectivity index (χ0v) is 8.84. The molecule has 76 valence electrons. The molecule has 1 fully saturated rings. The summed E-state index contributed by atoms with van der Waals surface area (Å²) in [5.41, 5.74) is 0. The maximum atomic E-state index is 11.8. The summed E-state index contributed by atoms with van der Waals surface area (Å²) in [5, 5.41) is 3.23. The van der Waals surface area contributed by atoms with Crippen LogP contribution in [0.1, 0.15) is 33.6 Å². The molecule has 0 radical (unpaired) electrons. The molecular weight excluding hydrogens is 164 g/mol. The Hall–Kier alpha value is -0.570. The van der Waals surface area contributed by atoms with Crippen LogP contribution in [0.15, 0.2) is 0 Å². The number of hydrogen-bond acceptors (Lipinski definition) is 2. The quantitative estimate of drug-likeness (QED) is 0.659. The summed E-state index contributed by atoms with van der Waals surface area (Å²) in [6, 6.07) is 0.317. The normalized spacial score (nSPS) is 26.0. The zero-order valence-electron chi connectivity index (χ0n) is 8.84. The maximum Gasteiger partial charge on any atom is 0.239 e. The van der Waals surface area contributed by atoms with Crippen molar-refractivity contribution >= 4 is 5.91 Å². The van der Waals surface area contributed by atoms with Gasteiger partial charge in [-0.3, -0.25) is 4.79 Å². The molecule has 1 N–H and O–H groups in total. The van der Waals surface area contributed by atoms with E-state index in [4.69, 9.17) is 0 Å². The predicted octanol–water partition coefficient (Wildman–Crippen LogP) is 0.995. The van der Waals surface area contributed by atoms with Gasteiger partial charge < -0.3 is 10.2 Å². The van der Waals surface area contributed by atoms with Gasteiger partial charge in [0.15, 0.2) is 0 Å². The molecule has 0 aromatic carbocycles. The van der Waals surface area contributed by atoms with E-state index in [-0.39, 0.29) is 11.9 Å². The van der Waals surface area contributed by atoms with Crippen LogP contribution >= 0.6 is 0 Å². The fourth-order valence-electron chi connectivity index (χ4n) is 1.68. The minimum absolute atomic E-state index is 0.0114. The molecule has 1 atom stereocenters. The standard InChI is InChI=1S/C10H20N2O/c1-8(2)12-7-5-4-6-11-9(3)10(12)13/h8-9,11H,4-7H2,1-3H3. The summed E-state index contributed by atoms with van der Waals surface area (Å²) in [5.74, 6) is 0.245. The monoisotopic (exact) mass is 184 g/mol. The second-order valence-electron chi connectivity index (χ2n) is 4.01. The number of nitrogens with zero attached hydrogens (tertiary/aromatic N) is 1. The SMILES string of the molecule is CC1NCCCCN(C(C)C)C1=O. The number of rotatable bonds is 1. The fourth-order valence-corrected chi connectivity index (χ4v) is 1.68. The van der Waals surface area contributed by atoms with Crippen LogP contribution < -0.4 is 5.32 Å². The lowest BCUT2D eigenvalue weighted by molar-refractivity contribution is -0.135. The fraction of sp³-hybridized carbons (Fsp3) is 0.900. The van der Waals surface area contributed by atoms with Crippen molar-refractivity contribution in [3.05, 3.63) is 0 Å². The molecule has 0 aliphatic carbocycles. The van der Waals surface area contributed by atoms with Crippen LogP contribution in [0.3, 0.4) is 0 Å². The molecule has 0 bridgehead atoms. The van der Waals surface area contributed by atoms with Crippen LogP contribution in [0.2, 0.25) is 0 Å². The average molecular weight is 184 g/mol. The van der Waals surface area contributed by atoms with E-state index in [1.54, 1.807) is 0 Å². The predicted molar refractivity (Wildman–Crippen MR) is 53.5 cm³/mol. The van der Waals surface area contributed by atoms with Crippen LogP contribution in [0.5, 0.6) is 0 Å². The van der Waals surface area contributed by atoms with Crippen molar-refractivity contribution in [3.63, 3.8) is 0 Å². The summed E-state index contributed by atoms with van der Waals surface area (Å²) in [6.07, 6.45) is 2.28.